The minimum absolute atomic E-state index is 0.141. The minimum Gasteiger partial charge on any atom is -0.391 e. The SMILES string of the molecule is CCc1ccccc1NS(=O)(=O)c1cc(C)c(CO)s1. The van der Waals surface area contributed by atoms with Crippen LogP contribution in [0.25, 0.3) is 0 Å². The van der Waals surface area contributed by atoms with E-state index < -0.39 is 10.0 Å². The maximum absolute atomic E-state index is 12.4. The van der Waals surface area contributed by atoms with Gasteiger partial charge in [-0.1, -0.05) is 25.1 Å². The number of rotatable bonds is 5. The number of aliphatic hydroxyl groups is 1. The van der Waals surface area contributed by atoms with Gasteiger partial charge in [0.2, 0.25) is 0 Å². The monoisotopic (exact) mass is 311 g/mol. The summed E-state index contributed by atoms with van der Waals surface area (Å²) in [5, 5.41) is 9.16. The molecule has 0 aliphatic heterocycles. The van der Waals surface area contributed by atoms with Crippen LogP contribution < -0.4 is 4.72 Å². The molecule has 0 radical (unpaired) electrons. The van der Waals surface area contributed by atoms with Crippen molar-refractivity contribution >= 4 is 27.0 Å². The molecule has 1 heterocycles. The fraction of sp³-hybridized carbons (Fsp3) is 0.286. The van der Waals surface area contributed by atoms with Crippen LogP contribution in [-0.4, -0.2) is 13.5 Å². The first kappa shape index (κ1) is 15.0. The predicted molar refractivity (Wildman–Crippen MR) is 81.6 cm³/mol. The second-order valence-corrected chi connectivity index (χ2v) is 7.49. The van der Waals surface area contributed by atoms with Gasteiger partial charge in [0.05, 0.1) is 12.3 Å². The number of hydrogen-bond donors (Lipinski definition) is 2. The zero-order chi connectivity index (χ0) is 14.8. The summed E-state index contributed by atoms with van der Waals surface area (Å²) in [5.74, 6) is 0. The van der Waals surface area contributed by atoms with Crippen LogP contribution in [0.5, 0.6) is 0 Å². The number of anilines is 1. The van der Waals surface area contributed by atoms with Crippen LogP contribution in [0.1, 0.15) is 22.9 Å². The average molecular weight is 311 g/mol. The molecule has 108 valence electrons. The molecule has 0 amide bonds. The van der Waals surface area contributed by atoms with Crippen LogP contribution in [0.4, 0.5) is 5.69 Å². The fourth-order valence-corrected chi connectivity index (χ4v) is 4.45. The Labute approximate surface area is 123 Å². The maximum atomic E-state index is 12.4. The Balaban J connectivity index is 2.35. The molecule has 6 heteroatoms. The average Bonchev–Trinajstić information content (AvgIpc) is 2.81. The lowest BCUT2D eigenvalue weighted by atomic mass is 10.1. The highest BCUT2D eigenvalue weighted by Gasteiger charge is 2.19. The Morgan fingerprint density at radius 2 is 2.00 bits per heavy atom. The molecule has 1 aromatic carbocycles. The van der Waals surface area contributed by atoms with Crippen molar-refractivity contribution in [3.63, 3.8) is 0 Å². The van der Waals surface area contributed by atoms with E-state index >= 15 is 0 Å². The van der Waals surface area contributed by atoms with Crippen molar-refractivity contribution in [2.75, 3.05) is 4.72 Å². The molecule has 0 aliphatic carbocycles. The lowest BCUT2D eigenvalue weighted by Crippen LogP contribution is -2.12. The van der Waals surface area contributed by atoms with Crippen molar-refractivity contribution in [2.24, 2.45) is 0 Å². The first-order chi connectivity index (χ1) is 9.47. The zero-order valence-electron chi connectivity index (χ0n) is 11.4. The summed E-state index contributed by atoms with van der Waals surface area (Å²) in [4.78, 5) is 0.675. The van der Waals surface area contributed by atoms with Crippen LogP contribution in [0, 0.1) is 6.92 Å². The first-order valence-corrected chi connectivity index (χ1v) is 8.58. The number of para-hydroxylation sites is 1. The Hall–Kier alpha value is -1.37. The van der Waals surface area contributed by atoms with Gasteiger partial charge in [0.25, 0.3) is 10.0 Å². The van der Waals surface area contributed by atoms with Crippen LogP contribution in [-0.2, 0) is 23.1 Å². The summed E-state index contributed by atoms with van der Waals surface area (Å²) < 4.78 is 27.6. The molecule has 2 aromatic rings. The molecule has 0 spiro atoms. The van der Waals surface area contributed by atoms with Gasteiger partial charge in [-0.05, 0) is 36.6 Å². The van der Waals surface area contributed by atoms with E-state index in [1.807, 2.05) is 19.1 Å². The maximum Gasteiger partial charge on any atom is 0.271 e. The van der Waals surface area contributed by atoms with Gasteiger partial charge in [-0.2, -0.15) is 0 Å². The van der Waals surface area contributed by atoms with Gasteiger partial charge in [0, 0.05) is 4.88 Å². The van der Waals surface area contributed by atoms with E-state index in [-0.39, 0.29) is 10.8 Å². The van der Waals surface area contributed by atoms with E-state index in [1.165, 1.54) is 0 Å². The molecule has 2 N–H and O–H groups in total. The van der Waals surface area contributed by atoms with Crippen LogP contribution in [0.3, 0.4) is 0 Å². The molecule has 0 saturated heterocycles. The van der Waals surface area contributed by atoms with Gasteiger partial charge in [-0.15, -0.1) is 11.3 Å². The topological polar surface area (TPSA) is 66.4 Å². The highest BCUT2D eigenvalue weighted by molar-refractivity contribution is 7.94. The van der Waals surface area contributed by atoms with E-state index in [2.05, 4.69) is 4.72 Å². The summed E-state index contributed by atoms with van der Waals surface area (Å²) in [7, 11) is -3.60. The second kappa shape index (κ2) is 5.95. The zero-order valence-corrected chi connectivity index (χ0v) is 13.0. The molecular formula is C14H17NO3S2. The lowest BCUT2D eigenvalue weighted by Gasteiger charge is -2.10. The van der Waals surface area contributed by atoms with Gasteiger partial charge in [-0.25, -0.2) is 8.42 Å². The number of nitrogens with one attached hydrogen (secondary N) is 1. The normalized spacial score (nSPS) is 11.6. The van der Waals surface area contributed by atoms with Gasteiger partial charge in [0.15, 0.2) is 0 Å². The van der Waals surface area contributed by atoms with E-state index in [1.54, 1.807) is 25.1 Å². The number of hydrogen-bond acceptors (Lipinski definition) is 4. The smallest absolute Gasteiger partial charge is 0.271 e. The van der Waals surface area contributed by atoms with Crippen molar-refractivity contribution < 1.29 is 13.5 Å². The van der Waals surface area contributed by atoms with Crippen LogP contribution in [0.15, 0.2) is 34.5 Å². The number of benzene rings is 1. The summed E-state index contributed by atoms with van der Waals surface area (Å²) in [6, 6.07) is 8.93. The number of thiophene rings is 1. The highest BCUT2D eigenvalue weighted by atomic mass is 32.2. The Morgan fingerprint density at radius 3 is 2.60 bits per heavy atom. The summed E-state index contributed by atoms with van der Waals surface area (Å²) in [6.07, 6.45) is 0.754. The van der Waals surface area contributed by atoms with Crippen molar-refractivity contribution in [2.45, 2.75) is 31.1 Å². The summed E-state index contributed by atoms with van der Waals surface area (Å²) >= 11 is 1.10. The number of aryl methyl sites for hydroxylation is 2. The Kier molecular flexibility index (Phi) is 4.47. The van der Waals surface area contributed by atoms with Crippen molar-refractivity contribution in [3.8, 4) is 0 Å². The molecule has 0 bridgehead atoms. The molecule has 0 unspecified atom stereocenters. The summed E-state index contributed by atoms with van der Waals surface area (Å²) in [5.41, 5.74) is 2.35. The molecule has 2 rings (SSSR count). The van der Waals surface area contributed by atoms with Gasteiger partial charge in [0.1, 0.15) is 4.21 Å². The standard InChI is InChI=1S/C14H17NO3S2/c1-3-11-6-4-5-7-12(11)15-20(17,18)14-8-10(2)13(9-16)19-14/h4-8,15-16H,3,9H2,1-2H3. The Morgan fingerprint density at radius 1 is 1.30 bits per heavy atom. The molecule has 0 fully saturated rings. The van der Waals surface area contributed by atoms with E-state index in [0.29, 0.717) is 10.6 Å². The third kappa shape index (κ3) is 3.03. The van der Waals surface area contributed by atoms with Crippen molar-refractivity contribution in [1.29, 1.82) is 0 Å². The van der Waals surface area contributed by atoms with Gasteiger partial charge < -0.3 is 5.11 Å². The second-order valence-electron chi connectivity index (χ2n) is 4.45. The third-order valence-electron chi connectivity index (χ3n) is 3.05. The minimum atomic E-state index is -3.60. The van der Waals surface area contributed by atoms with E-state index in [0.717, 1.165) is 28.9 Å². The van der Waals surface area contributed by atoms with Gasteiger partial charge in [-0.3, -0.25) is 4.72 Å². The molecule has 1 aromatic heterocycles. The fourth-order valence-electron chi connectivity index (χ4n) is 1.90. The van der Waals surface area contributed by atoms with Crippen LogP contribution >= 0.6 is 11.3 Å². The lowest BCUT2D eigenvalue weighted by molar-refractivity contribution is 0.285. The molecule has 4 nitrogen and oxygen atoms in total. The number of sulfonamides is 1. The molecule has 0 atom stereocenters. The largest absolute Gasteiger partial charge is 0.391 e. The Bertz CT molecular complexity index is 705. The molecule has 0 aliphatic rings. The summed E-state index contributed by atoms with van der Waals surface area (Å²) in [6.45, 7) is 3.63. The number of aliphatic hydroxyl groups excluding tert-OH is 1. The highest BCUT2D eigenvalue weighted by Crippen LogP contribution is 2.28. The van der Waals surface area contributed by atoms with Crippen molar-refractivity contribution in [1.82, 2.24) is 0 Å². The molecular weight excluding hydrogens is 294 g/mol. The predicted octanol–water partition coefficient (Wildman–Crippen LogP) is 2.91. The van der Waals surface area contributed by atoms with E-state index in [9.17, 15) is 8.42 Å². The quantitative estimate of drug-likeness (QED) is 0.892. The molecule has 0 saturated carbocycles. The van der Waals surface area contributed by atoms with Crippen LogP contribution in [0.2, 0.25) is 0 Å². The first-order valence-electron chi connectivity index (χ1n) is 6.28. The van der Waals surface area contributed by atoms with Crippen molar-refractivity contribution in [3.05, 3.63) is 46.3 Å². The van der Waals surface area contributed by atoms with E-state index in [4.69, 9.17) is 5.11 Å². The molecule has 20 heavy (non-hydrogen) atoms. The third-order valence-corrected chi connectivity index (χ3v) is 6.11. The van der Waals surface area contributed by atoms with Gasteiger partial charge >= 0.3 is 0 Å².